The molecule has 0 radical (unpaired) electrons. The molecule has 0 aliphatic heterocycles. The topological polar surface area (TPSA) is 81.9 Å². The first kappa shape index (κ1) is 20.7. The molecule has 0 saturated heterocycles. The van der Waals surface area contributed by atoms with E-state index in [0.717, 1.165) is 5.56 Å². The van der Waals surface area contributed by atoms with E-state index in [-0.39, 0.29) is 5.75 Å². The summed E-state index contributed by atoms with van der Waals surface area (Å²) in [6.07, 6.45) is 1.47. The monoisotopic (exact) mass is 598 g/mol. The molecule has 0 bridgehead atoms. The van der Waals surface area contributed by atoms with Crippen LogP contribution in [0.4, 0.5) is 0 Å². The van der Waals surface area contributed by atoms with E-state index in [1.165, 1.54) is 6.21 Å². The minimum atomic E-state index is -1.88. The number of hydrogen-bond acceptors (Lipinski definition) is 4. The second kappa shape index (κ2) is 9.01. The van der Waals surface area contributed by atoms with Crippen LogP contribution in [0.25, 0.3) is 0 Å². The van der Waals surface area contributed by atoms with Crippen LogP contribution in [0.3, 0.4) is 0 Å². The van der Waals surface area contributed by atoms with Crippen molar-refractivity contribution in [3.63, 3.8) is 0 Å². The summed E-state index contributed by atoms with van der Waals surface area (Å²) in [7, 11) is 0. The van der Waals surface area contributed by atoms with Crippen LogP contribution in [0.15, 0.2) is 77.9 Å². The van der Waals surface area contributed by atoms with Crippen molar-refractivity contribution in [2.24, 2.45) is 5.10 Å². The summed E-state index contributed by atoms with van der Waals surface area (Å²) in [5, 5.41) is 25.2. The first-order valence-corrected chi connectivity index (χ1v) is 10.4. The number of phenols is 1. The number of halogens is 2. The van der Waals surface area contributed by atoms with E-state index in [1.807, 2.05) is 57.3 Å². The molecule has 3 aromatic carbocycles. The molecule has 3 N–H and O–H groups in total. The molecule has 5 nitrogen and oxygen atoms in total. The number of nitrogens with zero attached hydrogens (tertiary/aromatic N) is 1. The van der Waals surface area contributed by atoms with Gasteiger partial charge in [0.15, 0.2) is 5.60 Å². The average molecular weight is 598 g/mol. The third kappa shape index (κ3) is 4.36. The second-order valence-electron chi connectivity index (χ2n) is 5.97. The van der Waals surface area contributed by atoms with E-state index < -0.39 is 11.5 Å². The summed E-state index contributed by atoms with van der Waals surface area (Å²) in [5.41, 5.74) is 2.17. The largest absolute Gasteiger partial charge is 0.506 e. The van der Waals surface area contributed by atoms with Crippen LogP contribution in [0, 0.1) is 7.14 Å². The van der Waals surface area contributed by atoms with Gasteiger partial charge >= 0.3 is 0 Å². The van der Waals surface area contributed by atoms with Crippen molar-refractivity contribution < 1.29 is 15.0 Å². The van der Waals surface area contributed by atoms with Crippen molar-refractivity contribution in [1.82, 2.24) is 5.43 Å². The van der Waals surface area contributed by atoms with Gasteiger partial charge in [-0.1, -0.05) is 60.7 Å². The Hall–Kier alpha value is -1.98. The van der Waals surface area contributed by atoms with Crippen LogP contribution in [0.1, 0.15) is 16.7 Å². The van der Waals surface area contributed by atoms with E-state index in [1.54, 1.807) is 60.7 Å². The fraction of sp³-hybridized carbons (Fsp3) is 0.0476. The van der Waals surface area contributed by atoms with Gasteiger partial charge in [-0.3, -0.25) is 4.79 Å². The van der Waals surface area contributed by atoms with Gasteiger partial charge in [-0.2, -0.15) is 5.10 Å². The first-order chi connectivity index (χ1) is 13.4. The Morgan fingerprint density at radius 1 is 0.929 bits per heavy atom. The maximum absolute atomic E-state index is 12.9. The Morgan fingerprint density at radius 2 is 1.39 bits per heavy atom. The summed E-state index contributed by atoms with van der Waals surface area (Å²) >= 11 is 4.05. The van der Waals surface area contributed by atoms with Gasteiger partial charge in [-0.05, 0) is 74.0 Å². The number of hydrogen-bond donors (Lipinski definition) is 3. The number of amides is 1. The minimum Gasteiger partial charge on any atom is -0.506 e. The number of aliphatic hydroxyl groups is 1. The lowest BCUT2D eigenvalue weighted by atomic mass is 9.85. The van der Waals surface area contributed by atoms with Crippen LogP contribution >= 0.6 is 45.2 Å². The summed E-state index contributed by atoms with van der Waals surface area (Å²) < 4.78 is 1.37. The molecule has 0 fully saturated rings. The zero-order valence-electron chi connectivity index (χ0n) is 14.5. The molecule has 0 heterocycles. The highest BCUT2D eigenvalue weighted by Crippen LogP contribution is 2.30. The molecular weight excluding hydrogens is 582 g/mol. The number of rotatable bonds is 5. The molecule has 0 saturated carbocycles. The third-order valence-corrected chi connectivity index (χ3v) is 5.78. The summed E-state index contributed by atoms with van der Waals surface area (Å²) in [6, 6.07) is 21.0. The van der Waals surface area contributed by atoms with Crippen molar-refractivity contribution in [2.45, 2.75) is 5.60 Å². The lowest BCUT2D eigenvalue weighted by Crippen LogP contribution is -2.43. The normalized spacial score (nSPS) is 11.5. The number of aromatic hydroxyl groups is 1. The van der Waals surface area contributed by atoms with E-state index in [2.05, 4.69) is 10.5 Å². The second-order valence-corrected chi connectivity index (χ2v) is 8.30. The Bertz CT molecular complexity index is 946. The highest BCUT2D eigenvalue weighted by molar-refractivity contribution is 14.1. The van der Waals surface area contributed by atoms with Crippen LogP contribution in [0.2, 0.25) is 0 Å². The molecule has 3 aromatic rings. The first-order valence-electron chi connectivity index (χ1n) is 8.28. The predicted octanol–water partition coefficient (Wildman–Crippen LogP) is 3.99. The molecule has 0 atom stereocenters. The fourth-order valence-corrected chi connectivity index (χ4v) is 4.51. The number of carbonyl (C=O) groups excluding carboxylic acids is 1. The molecule has 1 amide bonds. The van der Waals surface area contributed by atoms with Gasteiger partial charge in [0.2, 0.25) is 0 Å². The quantitative estimate of drug-likeness (QED) is 0.236. The van der Waals surface area contributed by atoms with Gasteiger partial charge in [0.1, 0.15) is 5.75 Å². The van der Waals surface area contributed by atoms with Gasteiger partial charge in [0.25, 0.3) is 5.91 Å². The molecular formula is C21H16I2N2O3. The van der Waals surface area contributed by atoms with Crippen molar-refractivity contribution in [3.8, 4) is 5.75 Å². The third-order valence-electron chi connectivity index (χ3n) is 4.13. The molecule has 0 aliphatic rings. The zero-order valence-corrected chi connectivity index (χ0v) is 18.8. The SMILES string of the molecule is O=C(N/N=C\c1cc(I)c(O)c(I)c1)C(O)(c1ccccc1)c1ccccc1. The Kier molecular flexibility index (Phi) is 6.68. The number of carbonyl (C=O) groups is 1. The van der Waals surface area contributed by atoms with Crippen molar-refractivity contribution in [1.29, 1.82) is 0 Å². The van der Waals surface area contributed by atoms with Crippen molar-refractivity contribution in [3.05, 3.63) is 96.6 Å². The lowest BCUT2D eigenvalue weighted by molar-refractivity contribution is -0.136. The summed E-state index contributed by atoms with van der Waals surface area (Å²) in [6.45, 7) is 0. The number of hydrazone groups is 1. The summed E-state index contributed by atoms with van der Waals surface area (Å²) in [5.74, 6) is -0.450. The van der Waals surface area contributed by atoms with Crippen LogP contribution in [-0.2, 0) is 10.4 Å². The van der Waals surface area contributed by atoms with Crippen molar-refractivity contribution in [2.75, 3.05) is 0 Å². The van der Waals surface area contributed by atoms with Crippen LogP contribution in [-0.4, -0.2) is 22.3 Å². The van der Waals surface area contributed by atoms with Crippen LogP contribution in [0.5, 0.6) is 5.75 Å². The Labute approximate surface area is 189 Å². The smallest absolute Gasteiger partial charge is 0.281 e. The van der Waals surface area contributed by atoms with Gasteiger partial charge in [-0.25, -0.2) is 5.43 Å². The van der Waals surface area contributed by atoms with Crippen molar-refractivity contribution >= 4 is 57.3 Å². The molecule has 28 heavy (non-hydrogen) atoms. The molecule has 0 aliphatic carbocycles. The molecule has 142 valence electrons. The van der Waals surface area contributed by atoms with Gasteiger partial charge in [0.05, 0.1) is 13.4 Å². The van der Waals surface area contributed by atoms with Gasteiger partial charge in [-0.15, -0.1) is 0 Å². The number of nitrogens with one attached hydrogen (secondary N) is 1. The van der Waals surface area contributed by atoms with E-state index in [0.29, 0.717) is 18.3 Å². The van der Waals surface area contributed by atoms with Gasteiger partial charge in [0, 0.05) is 0 Å². The molecule has 0 unspecified atom stereocenters. The number of phenolic OH excluding ortho intramolecular Hbond substituents is 1. The number of benzene rings is 3. The molecule has 0 spiro atoms. The fourth-order valence-electron chi connectivity index (χ4n) is 2.69. The lowest BCUT2D eigenvalue weighted by Gasteiger charge is -2.27. The van der Waals surface area contributed by atoms with E-state index >= 15 is 0 Å². The van der Waals surface area contributed by atoms with E-state index in [9.17, 15) is 15.0 Å². The molecule has 3 rings (SSSR count). The minimum absolute atomic E-state index is 0.213. The summed E-state index contributed by atoms with van der Waals surface area (Å²) in [4.78, 5) is 12.9. The highest BCUT2D eigenvalue weighted by atomic mass is 127. The predicted molar refractivity (Wildman–Crippen MR) is 125 cm³/mol. The van der Waals surface area contributed by atoms with Gasteiger partial charge < -0.3 is 10.2 Å². The Balaban J connectivity index is 1.89. The maximum Gasteiger partial charge on any atom is 0.281 e. The standard InChI is InChI=1S/C21H16I2N2O3/c22-17-11-14(12-18(23)19(17)26)13-24-25-20(27)21(28,15-7-3-1-4-8-15)16-9-5-2-6-10-16/h1-13,26,28H,(H,25,27)/b24-13-. The maximum atomic E-state index is 12.9. The zero-order chi connectivity index (χ0) is 20.1. The van der Waals surface area contributed by atoms with E-state index in [4.69, 9.17) is 0 Å². The Morgan fingerprint density at radius 3 is 1.86 bits per heavy atom. The molecule has 0 aromatic heterocycles. The average Bonchev–Trinajstić information content (AvgIpc) is 2.72. The highest BCUT2D eigenvalue weighted by Gasteiger charge is 2.39. The molecule has 7 heteroatoms. The van der Waals surface area contributed by atoms with Crippen LogP contribution < -0.4 is 5.43 Å².